The van der Waals surface area contributed by atoms with Crippen molar-refractivity contribution in [3.63, 3.8) is 0 Å². The highest BCUT2D eigenvalue weighted by molar-refractivity contribution is 5.94. The SMILES string of the molecule is O=C(c1ccc(-n2cncn2)cc1)N1CCN(c2ccncc2)CC1. The maximum Gasteiger partial charge on any atom is 0.253 e. The number of nitrogens with zero attached hydrogens (tertiary/aromatic N) is 6. The Bertz CT molecular complexity index is 824. The van der Waals surface area contributed by atoms with Gasteiger partial charge in [0.1, 0.15) is 12.7 Å². The lowest BCUT2D eigenvalue weighted by Gasteiger charge is -2.36. The van der Waals surface area contributed by atoms with Gasteiger partial charge < -0.3 is 9.80 Å². The van der Waals surface area contributed by atoms with Gasteiger partial charge in [0.05, 0.1) is 5.69 Å². The number of aromatic nitrogens is 4. The van der Waals surface area contributed by atoms with Gasteiger partial charge >= 0.3 is 0 Å². The average molecular weight is 334 g/mol. The third kappa shape index (κ3) is 3.21. The smallest absolute Gasteiger partial charge is 0.253 e. The second-order valence-electron chi connectivity index (χ2n) is 5.87. The zero-order chi connectivity index (χ0) is 17.1. The van der Waals surface area contributed by atoms with Gasteiger partial charge in [0.2, 0.25) is 0 Å². The van der Waals surface area contributed by atoms with Crippen LogP contribution >= 0.6 is 0 Å². The van der Waals surface area contributed by atoms with E-state index in [-0.39, 0.29) is 5.91 Å². The Balaban J connectivity index is 1.40. The lowest BCUT2D eigenvalue weighted by molar-refractivity contribution is 0.0747. The van der Waals surface area contributed by atoms with Crippen LogP contribution in [0.3, 0.4) is 0 Å². The van der Waals surface area contributed by atoms with Gasteiger partial charge in [-0.05, 0) is 36.4 Å². The molecule has 3 heterocycles. The molecule has 1 aromatic carbocycles. The van der Waals surface area contributed by atoms with E-state index in [2.05, 4.69) is 20.0 Å². The standard InChI is InChI=1S/C18H18N6O/c25-18(15-1-3-17(4-2-15)24-14-20-13-21-24)23-11-9-22(10-12-23)16-5-7-19-8-6-16/h1-8,13-14H,9-12H2. The zero-order valence-corrected chi connectivity index (χ0v) is 13.7. The van der Waals surface area contributed by atoms with E-state index in [1.54, 1.807) is 23.4 Å². The zero-order valence-electron chi connectivity index (χ0n) is 13.7. The van der Waals surface area contributed by atoms with Crippen molar-refractivity contribution >= 4 is 11.6 Å². The van der Waals surface area contributed by atoms with Crippen molar-refractivity contribution in [2.45, 2.75) is 0 Å². The number of pyridine rings is 1. The molecule has 0 N–H and O–H groups in total. The Morgan fingerprint density at radius 3 is 2.20 bits per heavy atom. The molecule has 1 saturated heterocycles. The number of hydrogen-bond donors (Lipinski definition) is 0. The predicted octanol–water partition coefficient (Wildman–Crippen LogP) is 1.62. The first-order valence-electron chi connectivity index (χ1n) is 8.20. The molecular weight excluding hydrogens is 316 g/mol. The minimum Gasteiger partial charge on any atom is -0.368 e. The van der Waals surface area contributed by atoms with Crippen LogP contribution in [0.5, 0.6) is 0 Å². The summed E-state index contributed by atoms with van der Waals surface area (Å²) in [6.45, 7) is 3.08. The molecular formula is C18H18N6O. The summed E-state index contributed by atoms with van der Waals surface area (Å²) in [5.74, 6) is 0.0690. The first kappa shape index (κ1) is 15.3. The topological polar surface area (TPSA) is 67.2 Å². The molecule has 3 aromatic rings. The Kier molecular flexibility index (Phi) is 4.12. The molecule has 0 spiro atoms. The maximum atomic E-state index is 12.7. The monoisotopic (exact) mass is 334 g/mol. The van der Waals surface area contributed by atoms with Gasteiger partial charge in [0.25, 0.3) is 5.91 Å². The number of hydrogen-bond acceptors (Lipinski definition) is 5. The predicted molar refractivity (Wildman–Crippen MR) is 93.7 cm³/mol. The van der Waals surface area contributed by atoms with Gasteiger partial charge in [-0.15, -0.1) is 0 Å². The fourth-order valence-electron chi connectivity index (χ4n) is 3.00. The van der Waals surface area contributed by atoms with Crippen molar-refractivity contribution in [2.24, 2.45) is 0 Å². The highest BCUT2D eigenvalue weighted by atomic mass is 16.2. The van der Waals surface area contributed by atoms with Crippen molar-refractivity contribution < 1.29 is 4.79 Å². The first-order chi connectivity index (χ1) is 12.3. The van der Waals surface area contributed by atoms with E-state index in [9.17, 15) is 4.79 Å². The van der Waals surface area contributed by atoms with Crippen LogP contribution in [0.15, 0.2) is 61.4 Å². The van der Waals surface area contributed by atoms with Gasteiger partial charge in [0, 0.05) is 49.8 Å². The molecule has 1 amide bonds. The van der Waals surface area contributed by atoms with Crippen molar-refractivity contribution in [3.8, 4) is 5.69 Å². The fourth-order valence-corrected chi connectivity index (χ4v) is 3.00. The Labute approximate surface area is 145 Å². The number of carbonyl (C=O) groups is 1. The number of carbonyl (C=O) groups excluding carboxylic acids is 1. The second-order valence-corrected chi connectivity index (χ2v) is 5.87. The van der Waals surface area contributed by atoms with Crippen LogP contribution in [0.1, 0.15) is 10.4 Å². The van der Waals surface area contributed by atoms with Crippen LogP contribution < -0.4 is 4.90 Å². The van der Waals surface area contributed by atoms with E-state index >= 15 is 0 Å². The van der Waals surface area contributed by atoms with Gasteiger partial charge in [-0.1, -0.05) is 0 Å². The molecule has 2 aromatic heterocycles. The van der Waals surface area contributed by atoms with E-state index in [1.807, 2.05) is 41.3 Å². The summed E-state index contributed by atoms with van der Waals surface area (Å²) < 4.78 is 1.67. The highest BCUT2D eigenvalue weighted by Gasteiger charge is 2.22. The van der Waals surface area contributed by atoms with Crippen LogP contribution in [0.4, 0.5) is 5.69 Å². The number of anilines is 1. The summed E-state index contributed by atoms with van der Waals surface area (Å²) in [6, 6.07) is 11.5. The molecule has 0 aliphatic carbocycles. The largest absolute Gasteiger partial charge is 0.368 e. The maximum absolute atomic E-state index is 12.7. The summed E-state index contributed by atoms with van der Waals surface area (Å²) >= 11 is 0. The molecule has 0 radical (unpaired) electrons. The van der Waals surface area contributed by atoms with E-state index in [0.717, 1.165) is 24.5 Å². The van der Waals surface area contributed by atoms with Gasteiger partial charge in [-0.3, -0.25) is 9.78 Å². The van der Waals surface area contributed by atoms with Crippen molar-refractivity contribution in [1.29, 1.82) is 0 Å². The van der Waals surface area contributed by atoms with Crippen LogP contribution in [0.25, 0.3) is 5.69 Å². The third-order valence-electron chi connectivity index (χ3n) is 4.39. The summed E-state index contributed by atoms with van der Waals surface area (Å²) in [5, 5.41) is 4.09. The number of benzene rings is 1. The Hall–Kier alpha value is -3.22. The molecule has 0 saturated carbocycles. The number of piperazine rings is 1. The molecule has 1 fully saturated rings. The Morgan fingerprint density at radius 1 is 0.840 bits per heavy atom. The highest BCUT2D eigenvalue weighted by Crippen LogP contribution is 2.17. The molecule has 25 heavy (non-hydrogen) atoms. The number of amides is 1. The minimum absolute atomic E-state index is 0.0690. The second kappa shape index (κ2) is 6.72. The van der Waals surface area contributed by atoms with E-state index in [4.69, 9.17) is 0 Å². The van der Waals surface area contributed by atoms with Crippen LogP contribution in [-0.2, 0) is 0 Å². The molecule has 7 heteroatoms. The fraction of sp³-hybridized carbons (Fsp3) is 0.222. The van der Waals surface area contributed by atoms with Crippen molar-refractivity contribution in [1.82, 2.24) is 24.6 Å². The average Bonchev–Trinajstić information content (AvgIpc) is 3.23. The van der Waals surface area contributed by atoms with Crippen molar-refractivity contribution in [3.05, 3.63) is 67.0 Å². The van der Waals surface area contributed by atoms with E-state index < -0.39 is 0 Å². The molecule has 0 bridgehead atoms. The lowest BCUT2D eigenvalue weighted by atomic mass is 10.1. The molecule has 4 rings (SSSR count). The van der Waals surface area contributed by atoms with Crippen LogP contribution in [0, 0.1) is 0 Å². The summed E-state index contributed by atoms with van der Waals surface area (Å²) in [4.78, 5) is 24.9. The summed E-state index contributed by atoms with van der Waals surface area (Å²) in [5.41, 5.74) is 2.73. The quantitative estimate of drug-likeness (QED) is 0.728. The molecule has 126 valence electrons. The normalized spacial score (nSPS) is 14.6. The van der Waals surface area contributed by atoms with Gasteiger partial charge in [-0.2, -0.15) is 5.10 Å². The first-order valence-corrected chi connectivity index (χ1v) is 8.20. The van der Waals surface area contributed by atoms with Crippen molar-refractivity contribution in [2.75, 3.05) is 31.1 Å². The van der Waals surface area contributed by atoms with Crippen LogP contribution in [0.2, 0.25) is 0 Å². The third-order valence-corrected chi connectivity index (χ3v) is 4.39. The molecule has 0 atom stereocenters. The summed E-state index contributed by atoms with van der Waals surface area (Å²) in [7, 11) is 0. The molecule has 0 unspecified atom stereocenters. The molecule has 7 nitrogen and oxygen atoms in total. The Morgan fingerprint density at radius 2 is 1.56 bits per heavy atom. The van der Waals surface area contributed by atoms with E-state index in [1.165, 1.54) is 6.33 Å². The number of rotatable bonds is 3. The van der Waals surface area contributed by atoms with Crippen LogP contribution in [-0.4, -0.2) is 56.7 Å². The molecule has 1 aliphatic heterocycles. The van der Waals surface area contributed by atoms with E-state index in [0.29, 0.717) is 18.7 Å². The molecule has 1 aliphatic rings. The van der Waals surface area contributed by atoms with Gasteiger partial charge in [-0.25, -0.2) is 9.67 Å². The summed E-state index contributed by atoms with van der Waals surface area (Å²) in [6.07, 6.45) is 6.71. The minimum atomic E-state index is 0.0690. The lowest BCUT2D eigenvalue weighted by Crippen LogP contribution is -2.48. The van der Waals surface area contributed by atoms with Gasteiger partial charge in [0.15, 0.2) is 0 Å².